The number of hydrogen-bond donors (Lipinski definition) is 1. The average Bonchev–Trinajstić information content (AvgIpc) is 2.48. The SMILES string of the molecule is CCc1ccc(C=CC(=O)N2CCNC(=O)C2C)cc1. The minimum absolute atomic E-state index is 0.0923. The van der Waals surface area contributed by atoms with Gasteiger partial charge in [0.15, 0.2) is 0 Å². The van der Waals surface area contributed by atoms with Gasteiger partial charge >= 0.3 is 0 Å². The van der Waals surface area contributed by atoms with E-state index in [9.17, 15) is 9.59 Å². The summed E-state index contributed by atoms with van der Waals surface area (Å²) in [7, 11) is 0. The van der Waals surface area contributed by atoms with Gasteiger partial charge in [-0.15, -0.1) is 0 Å². The van der Waals surface area contributed by atoms with Gasteiger partial charge in [-0.1, -0.05) is 31.2 Å². The fourth-order valence-corrected chi connectivity index (χ4v) is 2.21. The summed E-state index contributed by atoms with van der Waals surface area (Å²) in [6.45, 7) is 4.94. The van der Waals surface area contributed by atoms with Gasteiger partial charge in [-0.3, -0.25) is 9.59 Å². The molecule has 1 unspecified atom stereocenters. The molecule has 1 aromatic carbocycles. The summed E-state index contributed by atoms with van der Waals surface area (Å²) in [5.41, 5.74) is 2.26. The van der Waals surface area contributed by atoms with Gasteiger partial charge in [-0.25, -0.2) is 0 Å². The molecular weight excluding hydrogens is 252 g/mol. The third-order valence-electron chi connectivity index (χ3n) is 3.59. The Balaban J connectivity index is 2.02. The maximum atomic E-state index is 12.1. The summed E-state index contributed by atoms with van der Waals surface area (Å²) < 4.78 is 0. The first kappa shape index (κ1) is 14.3. The minimum Gasteiger partial charge on any atom is -0.353 e. The lowest BCUT2D eigenvalue weighted by Crippen LogP contribution is -2.55. The molecule has 0 aliphatic carbocycles. The molecule has 4 nitrogen and oxygen atoms in total. The van der Waals surface area contributed by atoms with E-state index in [2.05, 4.69) is 24.4 Å². The summed E-state index contributed by atoms with van der Waals surface area (Å²) in [4.78, 5) is 25.2. The Kier molecular flexibility index (Phi) is 4.56. The number of nitrogens with one attached hydrogen (secondary N) is 1. The molecule has 0 radical (unpaired) electrons. The molecule has 2 rings (SSSR count). The maximum Gasteiger partial charge on any atom is 0.247 e. The maximum absolute atomic E-state index is 12.1. The van der Waals surface area contributed by atoms with Crippen LogP contribution in [0.15, 0.2) is 30.3 Å². The van der Waals surface area contributed by atoms with Gasteiger partial charge in [0, 0.05) is 19.2 Å². The Morgan fingerprint density at radius 3 is 2.75 bits per heavy atom. The minimum atomic E-state index is -0.400. The average molecular weight is 272 g/mol. The summed E-state index contributed by atoms with van der Waals surface area (Å²) in [6.07, 6.45) is 4.33. The van der Waals surface area contributed by atoms with Crippen molar-refractivity contribution in [2.24, 2.45) is 0 Å². The van der Waals surface area contributed by atoms with Gasteiger partial charge in [0.05, 0.1) is 0 Å². The number of nitrogens with zero attached hydrogens (tertiary/aromatic N) is 1. The molecule has 4 heteroatoms. The van der Waals surface area contributed by atoms with Gasteiger partial charge in [0.2, 0.25) is 11.8 Å². The van der Waals surface area contributed by atoms with E-state index in [4.69, 9.17) is 0 Å². The number of carbonyl (C=O) groups excluding carboxylic acids is 2. The highest BCUT2D eigenvalue weighted by atomic mass is 16.2. The molecule has 1 saturated heterocycles. The van der Waals surface area contributed by atoms with Gasteiger partial charge in [0.25, 0.3) is 0 Å². The molecule has 1 aromatic rings. The molecule has 0 saturated carbocycles. The van der Waals surface area contributed by atoms with Crippen LogP contribution < -0.4 is 5.32 Å². The summed E-state index contributed by atoms with van der Waals surface area (Å²) in [5.74, 6) is -0.211. The Morgan fingerprint density at radius 1 is 1.40 bits per heavy atom. The number of carbonyl (C=O) groups is 2. The Hall–Kier alpha value is -2.10. The normalized spacial score (nSPS) is 19.2. The zero-order chi connectivity index (χ0) is 14.5. The quantitative estimate of drug-likeness (QED) is 0.850. The van der Waals surface area contributed by atoms with Crippen molar-refractivity contribution in [2.45, 2.75) is 26.3 Å². The molecule has 0 spiro atoms. The first-order chi connectivity index (χ1) is 9.61. The molecule has 1 aliphatic heterocycles. The second kappa shape index (κ2) is 6.37. The van der Waals surface area contributed by atoms with Crippen LogP contribution in [0.25, 0.3) is 6.08 Å². The third kappa shape index (κ3) is 3.26. The second-order valence-electron chi connectivity index (χ2n) is 4.93. The van der Waals surface area contributed by atoms with Crippen molar-refractivity contribution in [2.75, 3.05) is 13.1 Å². The van der Waals surface area contributed by atoms with Crippen LogP contribution in [0.5, 0.6) is 0 Å². The molecule has 1 atom stereocenters. The monoisotopic (exact) mass is 272 g/mol. The topological polar surface area (TPSA) is 49.4 Å². The van der Waals surface area contributed by atoms with E-state index in [1.165, 1.54) is 11.6 Å². The molecule has 2 amide bonds. The van der Waals surface area contributed by atoms with Gasteiger partial charge in [-0.2, -0.15) is 0 Å². The van der Waals surface area contributed by atoms with Crippen molar-refractivity contribution in [3.8, 4) is 0 Å². The molecule has 106 valence electrons. The zero-order valence-electron chi connectivity index (χ0n) is 11.9. The molecular formula is C16H20N2O2. The molecule has 20 heavy (non-hydrogen) atoms. The van der Waals surface area contributed by atoms with Crippen LogP contribution in [0.4, 0.5) is 0 Å². The van der Waals surface area contributed by atoms with Crippen molar-refractivity contribution in [1.82, 2.24) is 10.2 Å². The smallest absolute Gasteiger partial charge is 0.247 e. The predicted molar refractivity (Wildman–Crippen MR) is 79.0 cm³/mol. The highest BCUT2D eigenvalue weighted by Crippen LogP contribution is 2.09. The lowest BCUT2D eigenvalue weighted by atomic mass is 10.1. The van der Waals surface area contributed by atoms with Crippen LogP contribution >= 0.6 is 0 Å². The van der Waals surface area contributed by atoms with Crippen molar-refractivity contribution in [3.63, 3.8) is 0 Å². The fraction of sp³-hybridized carbons (Fsp3) is 0.375. The van der Waals surface area contributed by atoms with Crippen molar-refractivity contribution in [3.05, 3.63) is 41.5 Å². The molecule has 1 aliphatic rings. The predicted octanol–water partition coefficient (Wildman–Crippen LogP) is 1.61. The Labute approximate surface area is 119 Å². The summed E-state index contributed by atoms with van der Waals surface area (Å²) >= 11 is 0. The van der Waals surface area contributed by atoms with Gasteiger partial charge in [-0.05, 0) is 30.5 Å². The van der Waals surface area contributed by atoms with Crippen molar-refractivity contribution >= 4 is 17.9 Å². The molecule has 0 aromatic heterocycles. The zero-order valence-corrected chi connectivity index (χ0v) is 11.9. The largest absolute Gasteiger partial charge is 0.353 e. The highest BCUT2D eigenvalue weighted by Gasteiger charge is 2.27. The number of aryl methyl sites for hydroxylation is 1. The van der Waals surface area contributed by atoms with Crippen LogP contribution in [0, 0.1) is 0 Å². The molecule has 1 fully saturated rings. The number of piperazine rings is 1. The van der Waals surface area contributed by atoms with Crippen LogP contribution in [0.1, 0.15) is 25.0 Å². The van der Waals surface area contributed by atoms with Crippen LogP contribution in [-0.4, -0.2) is 35.8 Å². The highest BCUT2D eigenvalue weighted by molar-refractivity contribution is 5.96. The number of rotatable bonds is 3. The van der Waals surface area contributed by atoms with Crippen molar-refractivity contribution < 1.29 is 9.59 Å². The van der Waals surface area contributed by atoms with E-state index < -0.39 is 6.04 Å². The van der Waals surface area contributed by atoms with E-state index >= 15 is 0 Å². The van der Waals surface area contributed by atoms with Gasteiger partial charge in [0.1, 0.15) is 6.04 Å². The first-order valence-corrected chi connectivity index (χ1v) is 6.97. The number of benzene rings is 1. The number of amides is 2. The third-order valence-corrected chi connectivity index (χ3v) is 3.59. The second-order valence-corrected chi connectivity index (χ2v) is 4.93. The van der Waals surface area contributed by atoms with E-state index in [0.717, 1.165) is 12.0 Å². The van der Waals surface area contributed by atoms with Crippen LogP contribution in [0.2, 0.25) is 0 Å². The summed E-state index contributed by atoms with van der Waals surface area (Å²) in [5, 5.41) is 2.75. The lowest BCUT2D eigenvalue weighted by Gasteiger charge is -2.31. The standard InChI is InChI=1S/C16H20N2O2/c1-3-13-4-6-14(7-5-13)8-9-15(19)18-11-10-17-16(20)12(18)2/h4-9,12H,3,10-11H2,1-2H3,(H,17,20). The molecule has 0 bridgehead atoms. The van der Waals surface area contributed by atoms with E-state index in [1.54, 1.807) is 17.9 Å². The van der Waals surface area contributed by atoms with Crippen LogP contribution in [-0.2, 0) is 16.0 Å². The summed E-state index contributed by atoms with van der Waals surface area (Å²) in [6, 6.07) is 7.70. The molecule has 1 heterocycles. The van der Waals surface area contributed by atoms with Gasteiger partial charge < -0.3 is 10.2 Å². The number of hydrogen-bond acceptors (Lipinski definition) is 2. The lowest BCUT2D eigenvalue weighted by molar-refractivity contribution is -0.139. The molecule has 1 N–H and O–H groups in total. The Morgan fingerprint density at radius 2 is 2.10 bits per heavy atom. The van der Waals surface area contributed by atoms with E-state index in [-0.39, 0.29) is 11.8 Å². The van der Waals surface area contributed by atoms with Crippen LogP contribution in [0.3, 0.4) is 0 Å². The van der Waals surface area contributed by atoms with E-state index in [1.807, 2.05) is 12.1 Å². The Bertz CT molecular complexity index is 520. The first-order valence-electron chi connectivity index (χ1n) is 6.97. The van der Waals surface area contributed by atoms with Crippen molar-refractivity contribution in [1.29, 1.82) is 0 Å². The fourth-order valence-electron chi connectivity index (χ4n) is 2.21. The van der Waals surface area contributed by atoms with E-state index in [0.29, 0.717) is 13.1 Å².